The SMILES string of the molecule is Cc1ccn(-c2ccc(Oc3ccc(NC(=O)/C=C/c4ccco4)cc3)nn2)n1. The first-order valence-electron chi connectivity index (χ1n) is 8.82. The number of rotatable bonds is 6. The van der Waals surface area contributed by atoms with Gasteiger partial charge in [-0.15, -0.1) is 10.2 Å². The summed E-state index contributed by atoms with van der Waals surface area (Å²) in [4.78, 5) is 11.9. The minimum atomic E-state index is -0.259. The second-order valence-corrected chi connectivity index (χ2v) is 6.10. The zero-order valence-electron chi connectivity index (χ0n) is 15.5. The van der Waals surface area contributed by atoms with Crippen LogP contribution in [-0.4, -0.2) is 25.9 Å². The van der Waals surface area contributed by atoms with Crippen LogP contribution in [-0.2, 0) is 4.79 Å². The summed E-state index contributed by atoms with van der Waals surface area (Å²) in [6.45, 7) is 1.91. The van der Waals surface area contributed by atoms with Crippen LogP contribution in [0.3, 0.4) is 0 Å². The largest absolute Gasteiger partial charge is 0.465 e. The fourth-order valence-corrected chi connectivity index (χ4v) is 2.49. The van der Waals surface area contributed by atoms with Crippen molar-refractivity contribution < 1.29 is 13.9 Å². The van der Waals surface area contributed by atoms with Gasteiger partial charge in [0.25, 0.3) is 0 Å². The van der Waals surface area contributed by atoms with Crippen LogP contribution in [0.4, 0.5) is 5.69 Å². The quantitative estimate of drug-likeness (QED) is 0.502. The summed E-state index contributed by atoms with van der Waals surface area (Å²) >= 11 is 0. The summed E-state index contributed by atoms with van der Waals surface area (Å²) in [7, 11) is 0. The van der Waals surface area contributed by atoms with E-state index >= 15 is 0 Å². The van der Waals surface area contributed by atoms with Gasteiger partial charge in [0.2, 0.25) is 11.8 Å². The molecule has 0 fully saturated rings. The lowest BCUT2D eigenvalue weighted by atomic mass is 10.3. The number of hydrogen-bond acceptors (Lipinski definition) is 6. The molecule has 0 aliphatic rings. The van der Waals surface area contributed by atoms with Crippen LogP contribution in [0.15, 0.2) is 77.6 Å². The number of nitrogens with zero attached hydrogens (tertiary/aromatic N) is 4. The zero-order chi connectivity index (χ0) is 20.1. The highest BCUT2D eigenvalue weighted by Gasteiger charge is 2.04. The number of nitrogens with one attached hydrogen (secondary N) is 1. The number of carbonyl (C=O) groups excluding carboxylic acids is 1. The molecule has 29 heavy (non-hydrogen) atoms. The van der Waals surface area contributed by atoms with Crippen molar-refractivity contribution in [3.8, 4) is 17.4 Å². The summed E-state index contributed by atoms with van der Waals surface area (Å²) in [5.41, 5.74) is 1.54. The molecule has 0 spiro atoms. The molecule has 0 radical (unpaired) electrons. The summed E-state index contributed by atoms with van der Waals surface area (Å²) in [5, 5.41) is 15.2. The third kappa shape index (κ3) is 4.75. The van der Waals surface area contributed by atoms with Gasteiger partial charge >= 0.3 is 0 Å². The van der Waals surface area contributed by atoms with Gasteiger partial charge in [0.1, 0.15) is 11.5 Å². The van der Waals surface area contributed by atoms with E-state index in [1.54, 1.807) is 65.6 Å². The van der Waals surface area contributed by atoms with Crippen molar-refractivity contribution in [2.75, 3.05) is 5.32 Å². The molecule has 3 aromatic heterocycles. The summed E-state index contributed by atoms with van der Waals surface area (Å²) in [5.74, 6) is 1.89. The first kappa shape index (κ1) is 18.2. The molecular formula is C21H17N5O3. The maximum Gasteiger partial charge on any atom is 0.248 e. The molecule has 0 atom stereocenters. The predicted octanol–water partition coefficient (Wildman–Crippen LogP) is 4.01. The van der Waals surface area contributed by atoms with Crippen molar-refractivity contribution in [2.24, 2.45) is 0 Å². The van der Waals surface area contributed by atoms with Crippen LogP contribution in [0.5, 0.6) is 11.6 Å². The van der Waals surface area contributed by atoms with Gasteiger partial charge in [0, 0.05) is 24.0 Å². The van der Waals surface area contributed by atoms with Gasteiger partial charge in [0.05, 0.1) is 12.0 Å². The fourth-order valence-electron chi connectivity index (χ4n) is 2.49. The van der Waals surface area contributed by atoms with E-state index in [4.69, 9.17) is 9.15 Å². The van der Waals surface area contributed by atoms with Crippen molar-refractivity contribution in [3.63, 3.8) is 0 Å². The van der Waals surface area contributed by atoms with Crippen LogP contribution >= 0.6 is 0 Å². The van der Waals surface area contributed by atoms with E-state index in [0.29, 0.717) is 28.9 Å². The standard InChI is InChI=1S/C21H17N5O3/c1-15-12-13-26(25-15)19-9-11-21(24-23-19)29-18-6-4-16(5-7-18)22-20(27)10-8-17-3-2-14-28-17/h2-14H,1H3,(H,22,27)/b10-8+. The molecule has 0 bridgehead atoms. The first-order chi connectivity index (χ1) is 14.2. The third-order valence-electron chi connectivity index (χ3n) is 3.87. The molecule has 1 aromatic carbocycles. The van der Waals surface area contributed by atoms with Crippen molar-refractivity contribution in [1.29, 1.82) is 0 Å². The second-order valence-electron chi connectivity index (χ2n) is 6.10. The highest BCUT2D eigenvalue weighted by molar-refractivity contribution is 6.01. The number of furan rings is 1. The normalized spacial score (nSPS) is 10.9. The van der Waals surface area contributed by atoms with Gasteiger partial charge in [-0.2, -0.15) is 5.10 Å². The number of anilines is 1. The Kier molecular flexibility index (Phi) is 5.15. The fraction of sp³-hybridized carbons (Fsp3) is 0.0476. The van der Waals surface area contributed by atoms with E-state index in [0.717, 1.165) is 5.69 Å². The van der Waals surface area contributed by atoms with Crippen LogP contribution in [0.2, 0.25) is 0 Å². The number of amides is 1. The van der Waals surface area contributed by atoms with Crippen molar-refractivity contribution >= 4 is 17.7 Å². The van der Waals surface area contributed by atoms with Crippen LogP contribution in [0, 0.1) is 6.92 Å². The third-order valence-corrected chi connectivity index (χ3v) is 3.87. The number of benzene rings is 1. The number of aryl methyl sites for hydroxylation is 1. The Bertz CT molecular complexity index is 1110. The smallest absolute Gasteiger partial charge is 0.248 e. The Morgan fingerprint density at radius 3 is 2.62 bits per heavy atom. The Labute approximate surface area is 166 Å². The summed E-state index contributed by atoms with van der Waals surface area (Å²) in [6, 6.07) is 15.8. The van der Waals surface area contributed by atoms with E-state index in [-0.39, 0.29) is 5.91 Å². The molecule has 1 N–H and O–H groups in total. The van der Waals surface area contributed by atoms with Crippen molar-refractivity contribution in [3.05, 3.63) is 84.6 Å². The summed E-state index contributed by atoms with van der Waals surface area (Å²) < 4.78 is 12.5. The number of aromatic nitrogens is 4. The van der Waals surface area contributed by atoms with Crippen molar-refractivity contribution in [1.82, 2.24) is 20.0 Å². The van der Waals surface area contributed by atoms with Crippen LogP contribution < -0.4 is 10.1 Å². The minimum absolute atomic E-state index is 0.259. The van der Waals surface area contributed by atoms with E-state index in [9.17, 15) is 4.79 Å². The lowest BCUT2D eigenvalue weighted by Crippen LogP contribution is -2.07. The van der Waals surface area contributed by atoms with E-state index in [1.165, 1.54) is 6.08 Å². The van der Waals surface area contributed by atoms with Crippen molar-refractivity contribution in [2.45, 2.75) is 6.92 Å². The Hall–Kier alpha value is -4.20. The molecule has 4 aromatic rings. The molecule has 4 rings (SSSR count). The van der Waals surface area contributed by atoms with Gasteiger partial charge in [0.15, 0.2) is 5.82 Å². The second kappa shape index (κ2) is 8.22. The Morgan fingerprint density at radius 2 is 1.97 bits per heavy atom. The maximum atomic E-state index is 11.9. The predicted molar refractivity (Wildman–Crippen MR) is 107 cm³/mol. The molecule has 0 saturated heterocycles. The molecule has 0 unspecified atom stereocenters. The van der Waals surface area contributed by atoms with Gasteiger partial charge in [-0.25, -0.2) is 4.68 Å². The lowest BCUT2D eigenvalue weighted by molar-refractivity contribution is -0.111. The molecule has 144 valence electrons. The first-order valence-corrected chi connectivity index (χ1v) is 8.82. The number of ether oxygens (including phenoxy) is 1. The molecule has 8 nitrogen and oxygen atoms in total. The molecule has 1 amide bonds. The van der Waals surface area contributed by atoms with E-state index in [1.807, 2.05) is 19.2 Å². The summed E-state index contributed by atoms with van der Waals surface area (Å²) in [6.07, 6.45) is 6.37. The van der Waals surface area contributed by atoms with Gasteiger partial charge in [-0.1, -0.05) is 0 Å². The average molecular weight is 387 g/mol. The monoisotopic (exact) mass is 387 g/mol. The maximum absolute atomic E-state index is 11.9. The Morgan fingerprint density at radius 1 is 1.10 bits per heavy atom. The Balaban J connectivity index is 1.35. The topological polar surface area (TPSA) is 95.1 Å². The number of hydrogen-bond donors (Lipinski definition) is 1. The number of carbonyl (C=O) groups is 1. The van der Waals surface area contributed by atoms with E-state index in [2.05, 4.69) is 20.6 Å². The van der Waals surface area contributed by atoms with Crippen LogP contribution in [0.1, 0.15) is 11.5 Å². The van der Waals surface area contributed by atoms with Gasteiger partial charge < -0.3 is 14.5 Å². The average Bonchev–Trinajstić information content (AvgIpc) is 3.40. The zero-order valence-corrected chi connectivity index (χ0v) is 15.5. The van der Waals surface area contributed by atoms with E-state index < -0.39 is 0 Å². The van der Waals surface area contributed by atoms with Crippen LogP contribution in [0.25, 0.3) is 11.9 Å². The molecule has 0 aliphatic heterocycles. The molecule has 0 saturated carbocycles. The van der Waals surface area contributed by atoms with Gasteiger partial charge in [-0.3, -0.25) is 4.79 Å². The molecular weight excluding hydrogens is 370 g/mol. The molecule has 8 heteroatoms. The lowest BCUT2D eigenvalue weighted by Gasteiger charge is -2.07. The minimum Gasteiger partial charge on any atom is -0.465 e. The highest BCUT2D eigenvalue weighted by atomic mass is 16.5. The highest BCUT2D eigenvalue weighted by Crippen LogP contribution is 2.21. The molecule has 0 aliphatic carbocycles. The molecule has 3 heterocycles. The van der Waals surface area contributed by atoms with Gasteiger partial charge in [-0.05, 0) is 61.5 Å².